The minimum atomic E-state index is -1.32. The van der Waals surface area contributed by atoms with Crippen molar-refractivity contribution in [1.29, 1.82) is 0 Å². The number of aromatic nitrogens is 5. The molecule has 0 spiro atoms. The van der Waals surface area contributed by atoms with Gasteiger partial charge >= 0.3 is 0 Å². The number of nitrogens with zero attached hydrogens (tertiary/aromatic N) is 5. The Morgan fingerprint density at radius 1 is 1.39 bits per heavy atom. The Kier molecular flexibility index (Phi) is 4.68. The number of nitrogens with one attached hydrogen (secondary N) is 2. The lowest BCUT2D eigenvalue weighted by atomic mass is 10.1. The quantitative estimate of drug-likeness (QED) is 0.240. The third-order valence-electron chi connectivity index (χ3n) is 4.59. The van der Waals surface area contributed by atoms with Crippen molar-refractivity contribution in [2.75, 3.05) is 17.8 Å². The zero-order valence-electron chi connectivity index (χ0n) is 14.9. The van der Waals surface area contributed by atoms with E-state index in [1.807, 2.05) is 12.1 Å². The molecule has 4 atom stereocenters. The average molecular weight is 388 g/mol. The number of fused-ring (bicyclic) bond motifs is 1. The molecule has 12 nitrogen and oxygen atoms in total. The minimum Gasteiger partial charge on any atom is -0.394 e. The highest BCUT2D eigenvalue weighted by molar-refractivity contribution is 5.97. The van der Waals surface area contributed by atoms with Gasteiger partial charge in [0.15, 0.2) is 23.2 Å². The van der Waals surface area contributed by atoms with E-state index in [9.17, 15) is 15.3 Å². The molecule has 0 aliphatic carbocycles. The van der Waals surface area contributed by atoms with Gasteiger partial charge in [-0.05, 0) is 19.1 Å². The molecule has 4 rings (SSSR count). The Balaban J connectivity index is 1.77. The lowest BCUT2D eigenvalue weighted by Crippen LogP contribution is -2.33. The molecule has 3 aromatic rings. The summed E-state index contributed by atoms with van der Waals surface area (Å²) >= 11 is 0. The Labute approximate surface area is 158 Å². The summed E-state index contributed by atoms with van der Waals surface area (Å²) in [5, 5.41) is 34.2. The summed E-state index contributed by atoms with van der Waals surface area (Å²) in [4.78, 5) is 15.5. The zero-order chi connectivity index (χ0) is 19.8. The van der Waals surface area contributed by atoms with Crippen LogP contribution in [0, 0.1) is 0 Å². The summed E-state index contributed by atoms with van der Waals surface area (Å²) in [7, 11) is 0. The Morgan fingerprint density at radius 3 is 2.89 bits per heavy atom. The molecule has 0 radical (unpaired) electrons. The number of aliphatic hydroxyl groups excluding tert-OH is 3. The Bertz CT molecular complexity index is 1000. The van der Waals surface area contributed by atoms with Gasteiger partial charge in [0.1, 0.15) is 24.6 Å². The number of rotatable bonds is 5. The van der Waals surface area contributed by atoms with Crippen molar-refractivity contribution in [3.63, 3.8) is 0 Å². The monoisotopic (exact) mass is 388 g/mol. The van der Waals surface area contributed by atoms with Crippen molar-refractivity contribution < 1.29 is 20.1 Å². The van der Waals surface area contributed by atoms with Gasteiger partial charge in [-0.25, -0.2) is 20.4 Å². The molecule has 148 valence electrons. The molecule has 0 aromatic carbocycles. The number of hydrogen-bond donors (Lipinski definition) is 6. The number of nitrogen functional groups attached to an aromatic ring is 1. The number of aliphatic hydroxyl groups is 3. The van der Waals surface area contributed by atoms with Crippen LogP contribution in [0.5, 0.6) is 0 Å². The van der Waals surface area contributed by atoms with Gasteiger partial charge in [0, 0.05) is 6.20 Å². The van der Waals surface area contributed by atoms with Crippen LogP contribution in [0.2, 0.25) is 0 Å². The fourth-order valence-corrected chi connectivity index (χ4v) is 3.09. The van der Waals surface area contributed by atoms with Crippen LogP contribution >= 0.6 is 0 Å². The third-order valence-corrected chi connectivity index (χ3v) is 4.59. The van der Waals surface area contributed by atoms with Crippen LogP contribution in [0.4, 0.5) is 11.8 Å². The molecular weight excluding hydrogens is 368 g/mol. The summed E-state index contributed by atoms with van der Waals surface area (Å²) in [5.41, 5.74) is 10.8. The van der Waals surface area contributed by atoms with E-state index in [0.29, 0.717) is 5.71 Å². The van der Waals surface area contributed by atoms with E-state index in [0.717, 1.165) is 5.69 Å². The van der Waals surface area contributed by atoms with Crippen molar-refractivity contribution in [3.05, 3.63) is 30.4 Å². The first-order chi connectivity index (χ1) is 13.5. The second kappa shape index (κ2) is 7.16. The SMILES string of the molecule is CC(=NNc1nc2c(N)ncnc2n1C1OC(CO)C(O)C1O)c1ccc[nH]1. The predicted molar refractivity (Wildman–Crippen MR) is 99.4 cm³/mol. The summed E-state index contributed by atoms with van der Waals surface area (Å²) in [6, 6.07) is 3.71. The lowest BCUT2D eigenvalue weighted by molar-refractivity contribution is -0.0501. The molecule has 1 saturated heterocycles. The number of H-pyrrole nitrogens is 1. The van der Waals surface area contributed by atoms with Crippen LogP contribution in [0.1, 0.15) is 18.8 Å². The molecule has 3 aromatic heterocycles. The number of nitrogens with two attached hydrogens (primary N) is 1. The topological polar surface area (TPSA) is 180 Å². The van der Waals surface area contributed by atoms with Gasteiger partial charge in [-0.3, -0.25) is 4.57 Å². The molecule has 1 fully saturated rings. The maximum atomic E-state index is 10.4. The highest BCUT2D eigenvalue weighted by Gasteiger charge is 2.45. The van der Waals surface area contributed by atoms with E-state index in [-0.39, 0.29) is 22.9 Å². The molecular formula is C16H20N8O4. The van der Waals surface area contributed by atoms with Gasteiger partial charge in [0.2, 0.25) is 5.95 Å². The summed E-state index contributed by atoms with van der Waals surface area (Å²) in [6.45, 7) is 1.35. The van der Waals surface area contributed by atoms with Crippen LogP contribution in [-0.4, -0.2) is 70.5 Å². The maximum absolute atomic E-state index is 10.4. The number of hydrogen-bond acceptors (Lipinski definition) is 10. The highest BCUT2D eigenvalue weighted by atomic mass is 16.6. The number of ether oxygens (including phenoxy) is 1. The predicted octanol–water partition coefficient (Wildman–Crippen LogP) is -0.816. The van der Waals surface area contributed by atoms with E-state index >= 15 is 0 Å². The van der Waals surface area contributed by atoms with Crippen molar-refractivity contribution in [2.24, 2.45) is 5.10 Å². The van der Waals surface area contributed by atoms with Crippen LogP contribution in [-0.2, 0) is 4.74 Å². The minimum absolute atomic E-state index is 0.142. The number of aromatic amines is 1. The first-order valence-corrected chi connectivity index (χ1v) is 8.56. The lowest BCUT2D eigenvalue weighted by Gasteiger charge is -2.18. The fourth-order valence-electron chi connectivity index (χ4n) is 3.09. The standard InChI is InChI=1S/C16H20N8O4/c1-7(8-3-2-4-18-8)22-23-16-21-10-13(17)19-6-20-14(10)24(16)15-12(27)11(26)9(5-25)28-15/h2-4,6,9,11-12,15,18,25-27H,5H2,1H3,(H,21,23)(H2,17,19,20). The van der Waals surface area contributed by atoms with Crippen molar-refractivity contribution in [1.82, 2.24) is 24.5 Å². The van der Waals surface area contributed by atoms with Gasteiger partial charge < -0.3 is 30.8 Å². The second-order valence-corrected chi connectivity index (χ2v) is 6.36. The molecule has 4 unspecified atom stereocenters. The highest BCUT2D eigenvalue weighted by Crippen LogP contribution is 2.35. The molecule has 12 heteroatoms. The van der Waals surface area contributed by atoms with Crippen LogP contribution in [0.25, 0.3) is 11.2 Å². The number of imidazole rings is 1. The van der Waals surface area contributed by atoms with Crippen LogP contribution in [0.3, 0.4) is 0 Å². The second-order valence-electron chi connectivity index (χ2n) is 6.36. The van der Waals surface area contributed by atoms with Crippen molar-refractivity contribution >= 4 is 28.6 Å². The summed E-state index contributed by atoms with van der Waals surface area (Å²) in [6.07, 6.45) is -1.57. The Hall–Kier alpha value is -3.06. The summed E-state index contributed by atoms with van der Waals surface area (Å²) < 4.78 is 7.06. The normalized spacial score (nSPS) is 25.5. The molecule has 0 saturated carbocycles. The number of hydrazone groups is 1. The molecule has 0 bridgehead atoms. The molecule has 4 heterocycles. The first-order valence-electron chi connectivity index (χ1n) is 8.56. The zero-order valence-corrected chi connectivity index (χ0v) is 14.9. The van der Waals surface area contributed by atoms with E-state index in [4.69, 9.17) is 10.5 Å². The number of anilines is 2. The van der Waals surface area contributed by atoms with Gasteiger partial charge in [0.25, 0.3) is 0 Å². The van der Waals surface area contributed by atoms with Crippen LogP contribution < -0.4 is 11.2 Å². The van der Waals surface area contributed by atoms with Crippen molar-refractivity contribution in [3.8, 4) is 0 Å². The first kappa shape index (κ1) is 18.3. The average Bonchev–Trinajstić information content (AvgIpc) is 3.40. The van der Waals surface area contributed by atoms with Crippen LogP contribution in [0.15, 0.2) is 29.8 Å². The van der Waals surface area contributed by atoms with E-state index in [2.05, 4.69) is 30.5 Å². The third kappa shape index (κ3) is 2.97. The smallest absolute Gasteiger partial charge is 0.228 e. The maximum Gasteiger partial charge on any atom is 0.228 e. The van der Waals surface area contributed by atoms with E-state index in [1.54, 1.807) is 13.1 Å². The molecule has 1 aliphatic rings. The van der Waals surface area contributed by atoms with Gasteiger partial charge in [-0.1, -0.05) is 0 Å². The Morgan fingerprint density at radius 2 is 2.21 bits per heavy atom. The molecule has 1 aliphatic heterocycles. The van der Waals surface area contributed by atoms with E-state index < -0.39 is 31.1 Å². The van der Waals surface area contributed by atoms with Gasteiger partial charge in [0.05, 0.1) is 18.0 Å². The molecule has 7 N–H and O–H groups in total. The molecule has 28 heavy (non-hydrogen) atoms. The largest absolute Gasteiger partial charge is 0.394 e. The van der Waals surface area contributed by atoms with Crippen molar-refractivity contribution in [2.45, 2.75) is 31.5 Å². The van der Waals surface area contributed by atoms with Gasteiger partial charge in [-0.2, -0.15) is 5.10 Å². The van der Waals surface area contributed by atoms with Gasteiger partial charge in [-0.15, -0.1) is 0 Å². The fraction of sp³-hybridized carbons (Fsp3) is 0.375. The summed E-state index contributed by atoms with van der Waals surface area (Å²) in [5.74, 6) is 0.326. The molecule has 0 amide bonds. The van der Waals surface area contributed by atoms with E-state index in [1.165, 1.54) is 10.9 Å².